The molecule has 7 heteroatoms. The van der Waals surface area contributed by atoms with Crippen molar-refractivity contribution < 1.29 is 0 Å². The van der Waals surface area contributed by atoms with Crippen molar-refractivity contribution in [3.63, 3.8) is 0 Å². The number of aromatic amines is 1. The Balaban J connectivity index is 1.72. The van der Waals surface area contributed by atoms with Crippen molar-refractivity contribution in [1.29, 1.82) is 0 Å². The minimum Gasteiger partial charge on any atom is -0.381 e. The van der Waals surface area contributed by atoms with Gasteiger partial charge in [-0.1, -0.05) is 71.9 Å². The molecule has 30 heavy (non-hydrogen) atoms. The minimum atomic E-state index is 0.391. The van der Waals surface area contributed by atoms with E-state index in [9.17, 15) is 0 Å². The number of hydrogen-bond acceptors (Lipinski definition) is 5. The molecule has 0 aliphatic rings. The maximum Gasteiger partial charge on any atom is 0.157 e. The maximum atomic E-state index is 6.50. The summed E-state index contributed by atoms with van der Waals surface area (Å²) in [5.41, 5.74) is 10.3. The van der Waals surface area contributed by atoms with Crippen molar-refractivity contribution in [2.24, 2.45) is 0 Å². The fraction of sp³-hybridized carbons (Fsp3) is 0. The molecule has 0 spiro atoms. The van der Waals surface area contributed by atoms with Gasteiger partial charge in [-0.05, 0) is 24.3 Å². The molecule has 146 valence electrons. The fourth-order valence-corrected chi connectivity index (χ4v) is 4.33. The standard InChI is InChI=1S/C23H16ClN5S/c24-18-12-15(11-16-13-26-29-19(16)18)21-20(14-7-3-1-4-8-14)27-22(25)23(28-21)30-17-9-5-2-6-10-17/h1-13H,(H2,25,27)(H,26,29). The molecular formula is C23H16ClN5S. The van der Waals surface area contributed by atoms with Gasteiger partial charge < -0.3 is 5.73 Å². The van der Waals surface area contributed by atoms with Gasteiger partial charge >= 0.3 is 0 Å². The number of hydrogen-bond donors (Lipinski definition) is 2. The highest BCUT2D eigenvalue weighted by Gasteiger charge is 2.18. The summed E-state index contributed by atoms with van der Waals surface area (Å²) in [5, 5.41) is 9.16. The summed E-state index contributed by atoms with van der Waals surface area (Å²) in [4.78, 5) is 10.7. The molecule has 5 nitrogen and oxygen atoms in total. The monoisotopic (exact) mass is 429 g/mol. The van der Waals surface area contributed by atoms with Gasteiger partial charge in [0.25, 0.3) is 0 Å². The largest absolute Gasteiger partial charge is 0.381 e. The van der Waals surface area contributed by atoms with Crippen LogP contribution in [0.3, 0.4) is 0 Å². The molecule has 3 N–H and O–H groups in total. The molecular weight excluding hydrogens is 414 g/mol. The molecule has 0 saturated carbocycles. The summed E-state index contributed by atoms with van der Waals surface area (Å²) in [6, 6.07) is 23.8. The third-order valence-electron chi connectivity index (χ3n) is 4.67. The molecule has 5 rings (SSSR count). The lowest BCUT2D eigenvalue weighted by Gasteiger charge is -2.13. The second kappa shape index (κ2) is 7.82. The average Bonchev–Trinajstić information content (AvgIpc) is 3.26. The van der Waals surface area contributed by atoms with Crippen LogP contribution in [-0.4, -0.2) is 20.2 Å². The Morgan fingerprint density at radius 1 is 0.833 bits per heavy atom. The van der Waals surface area contributed by atoms with Gasteiger partial charge in [0.1, 0.15) is 5.03 Å². The quantitative estimate of drug-likeness (QED) is 0.362. The molecule has 2 heterocycles. The molecule has 0 bridgehead atoms. The van der Waals surface area contributed by atoms with Crippen LogP contribution in [0, 0.1) is 0 Å². The van der Waals surface area contributed by atoms with Gasteiger partial charge in [0.05, 0.1) is 28.1 Å². The minimum absolute atomic E-state index is 0.391. The number of benzene rings is 3. The van der Waals surface area contributed by atoms with Crippen LogP contribution in [0.5, 0.6) is 0 Å². The van der Waals surface area contributed by atoms with Gasteiger partial charge in [-0.15, -0.1) is 0 Å². The number of anilines is 1. The van der Waals surface area contributed by atoms with E-state index in [1.54, 1.807) is 6.20 Å². The first-order valence-electron chi connectivity index (χ1n) is 9.28. The number of halogens is 1. The molecule has 0 fully saturated rings. The van der Waals surface area contributed by atoms with Crippen molar-refractivity contribution in [1.82, 2.24) is 20.2 Å². The Morgan fingerprint density at radius 3 is 2.30 bits per heavy atom. The van der Waals surface area contributed by atoms with Crippen molar-refractivity contribution in [2.75, 3.05) is 5.73 Å². The third-order valence-corrected chi connectivity index (χ3v) is 5.97. The van der Waals surface area contributed by atoms with Crippen LogP contribution in [0.15, 0.2) is 88.9 Å². The van der Waals surface area contributed by atoms with Gasteiger partial charge in [0.2, 0.25) is 0 Å². The van der Waals surface area contributed by atoms with E-state index in [1.165, 1.54) is 11.8 Å². The lowest BCUT2D eigenvalue weighted by atomic mass is 10.0. The maximum absolute atomic E-state index is 6.50. The second-order valence-electron chi connectivity index (χ2n) is 6.68. The predicted octanol–water partition coefficient (Wildman–Crippen LogP) is 6.07. The normalized spacial score (nSPS) is 11.1. The number of rotatable bonds is 4. The van der Waals surface area contributed by atoms with Crippen molar-refractivity contribution in [3.05, 3.63) is 84.0 Å². The molecule has 0 aliphatic heterocycles. The first-order valence-corrected chi connectivity index (χ1v) is 10.5. The van der Waals surface area contributed by atoms with Crippen LogP contribution >= 0.6 is 23.4 Å². The van der Waals surface area contributed by atoms with Crippen LogP contribution < -0.4 is 5.73 Å². The molecule has 0 radical (unpaired) electrons. The van der Waals surface area contributed by atoms with Gasteiger partial charge in [-0.3, -0.25) is 5.10 Å². The first kappa shape index (κ1) is 18.7. The number of fused-ring (bicyclic) bond motifs is 1. The average molecular weight is 430 g/mol. The van der Waals surface area contributed by atoms with E-state index in [4.69, 9.17) is 27.3 Å². The molecule has 5 aromatic rings. The summed E-state index contributed by atoms with van der Waals surface area (Å²) in [6.45, 7) is 0. The van der Waals surface area contributed by atoms with Gasteiger partial charge in [0, 0.05) is 21.4 Å². The zero-order valence-electron chi connectivity index (χ0n) is 15.7. The Morgan fingerprint density at radius 2 is 1.53 bits per heavy atom. The molecule has 3 aromatic carbocycles. The van der Waals surface area contributed by atoms with Gasteiger partial charge in [-0.2, -0.15) is 5.10 Å². The lowest BCUT2D eigenvalue weighted by molar-refractivity contribution is 1.08. The van der Waals surface area contributed by atoms with Crippen molar-refractivity contribution >= 4 is 40.1 Å². The van der Waals surface area contributed by atoms with E-state index >= 15 is 0 Å². The lowest BCUT2D eigenvalue weighted by Crippen LogP contribution is -2.02. The number of nitrogens with one attached hydrogen (secondary N) is 1. The predicted molar refractivity (Wildman–Crippen MR) is 123 cm³/mol. The van der Waals surface area contributed by atoms with Crippen LogP contribution in [-0.2, 0) is 0 Å². The van der Waals surface area contributed by atoms with E-state index in [1.807, 2.05) is 72.8 Å². The molecule has 0 atom stereocenters. The fourth-order valence-electron chi connectivity index (χ4n) is 3.26. The Bertz CT molecular complexity index is 1340. The summed E-state index contributed by atoms with van der Waals surface area (Å²) < 4.78 is 0. The summed E-state index contributed by atoms with van der Waals surface area (Å²) in [5.74, 6) is 0.391. The molecule has 0 aliphatic carbocycles. The molecule has 0 amide bonds. The number of nitrogens with zero attached hydrogens (tertiary/aromatic N) is 3. The SMILES string of the molecule is Nc1nc(-c2ccccc2)c(-c2cc(Cl)c3[nH]ncc3c2)nc1Sc1ccccc1. The van der Waals surface area contributed by atoms with E-state index in [0.717, 1.165) is 32.6 Å². The van der Waals surface area contributed by atoms with Crippen molar-refractivity contribution in [3.8, 4) is 22.5 Å². The first-order chi connectivity index (χ1) is 14.7. The summed E-state index contributed by atoms with van der Waals surface area (Å²) >= 11 is 7.99. The van der Waals surface area contributed by atoms with Crippen LogP contribution in [0.2, 0.25) is 5.02 Å². The number of aromatic nitrogens is 4. The smallest absolute Gasteiger partial charge is 0.157 e. The summed E-state index contributed by atoms with van der Waals surface area (Å²) in [6.07, 6.45) is 1.75. The Kier molecular flexibility index (Phi) is 4.86. The van der Waals surface area contributed by atoms with Crippen LogP contribution in [0.25, 0.3) is 33.4 Å². The number of nitrogen functional groups attached to an aromatic ring is 1. The van der Waals surface area contributed by atoms with E-state index in [-0.39, 0.29) is 0 Å². The Hall–Kier alpha value is -3.35. The van der Waals surface area contributed by atoms with Crippen LogP contribution in [0.1, 0.15) is 0 Å². The zero-order chi connectivity index (χ0) is 20.5. The number of nitrogens with two attached hydrogens (primary N) is 1. The molecule has 2 aromatic heterocycles. The van der Waals surface area contributed by atoms with E-state index in [0.29, 0.717) is 21.6 Å². The van der Waals surface area contributed by atoms with E-state index < -0.39 is 0 Å². The number of H-pyrrole nitrogens is 1. The van der Waals surface area contributed by atoms with Gasteiger partial charge in [0.15, 0.2) is 5.82 Å². The van der Waals surface area contributed by atoms with Crippen LogP contribution in [0.4, 0.5) is 5.82 Å². The highest BCUT2D eigenvalue weighted by Crippen LogP contribution is 2.38. The Labute approximate surface area is 182 Å². The highest BCUT2D eigenvalue weighted by atomic mass is 35.5. The second-order valence-corrected chi connectivity index (χ2v) is 8.15. The van der Waals surface area contributed by atoms with Gasteiger partial charge in [-0.25, -0.2) is 9.97 Å². The highest BCUT2D eigenvalue weighted by molar-refractivity contribution is 7.99. The summed E-state index contributed by atoms with van der Waals surface area (Å²) in [7, 11) is 0. The molecule has 0 saturated heterocycles. The van der Waals surface area contributed by atoms with Crippen molar-refractivity contribution in [2.45, 2.75) is 9.92 Å². The third kappa shape index (κ3) is 3.51. The zero-order valence-corrected chi connectivity index (χ0v) is 17.3. The molecule has 0 unspecified atom stereocenters. The topological polar surface area (TPSA) is 80.5 Å². The van der Waals surface area contributed by atoms with E-state index in [2.05, 4.69) is 10.2 Å².